The zero-order valence-corrected chi connectivity index (χ0v) is 17.1. The molecule has 0 spiro atoms. The van der Waals surface area contributed by atoms with Crippen LogP contribution in [0.5, 0.6) is 17.2 Å². The lowest BCUT2D eigenvalue weighted by Gasteiger charge is -2.38. The van der Waals surface area contributed by atoms with E-state index in [2.05, 4.69) is 5.32 Å². The lowest BCUT2D eigenvalue weighted by molar-refractivity contribution is -0.155. The van der Waals surface area contributed by atoms with Crippen molar-refractivity contribution in [1.29, 1.82) is 0 Å². The van der Waals surface area contributed by atoms with Gasteiger partial charge in [0.15, 0.2) is 11.5 Å². The molecule has 0 radical (unpaired) electrons. The van der Waals surface area contributed by atoms with Gasteiger partial charge in [-0.25, -0.2) is 0 Å². The van der Waals surface area contributed by atoms with E-state index in [1.165, 1.54) is 6.92 Å². The molecule has 1 N–H and O–H groups in total. The Hall–Kier alpha value is -2.93. The van der Waals surface area contributed by atoms with Crippen molar-refractivity contribution in [3.8, 4) is 17.2 Å². The highest BCUT2D eigenvalue weighted by molar-refractivity contribution is 6.31. The van der Waals surface area contributed by atoms with Crippen molar-refractivity contribution >= 4 is 29.1 Å². The molecule has 152 valence electrons. The number of rotatable bonds is 3. The smallest absolute Gasteiger partial charge is 0.278 e. The maximum atomic E-state index is 13.3. The lowest BCUT2D eigenvalue weighted by Crippen LogP contribution is -2.60. The van der Waals surface area contributed by atoms with Crippen LogP contribution >= 0.6 is 11.6 Å². The van der Waals surface area contributed by atoms with Crippen molar-refractivity contribution in [3.05, 3.63) is 46.5 Å². The second-order valence-corrected chi connectivity index (χ2v) is 7.62. The first-order chi connectivity index (χ1) is 13.9. The molecule has 2 heterocycles. The molecule has 2 amide bonds. The van der Waals surface area contributed by atoms with Gasteiger partial charge >= 0.3 is 0 Å². The van der Waals surface area contributed by atoms with Gasteiger partial charge in [-0.15, -0.1) is 0 Å². The van der Waals surface area contributed by atoms with Crippen LogP contribution in [0.15, 0.2) is 30.3 Å². The monoisotopic (exact) mass is 416 g/mol. The molecule has 4 rings (SSSR count). The third kappa shape index (κ3) is 3.25. The van der Waals surface area contributed by atoms with Crippen LogP contribution in [0.25, 0.3) is 0 Å². The van der Waals surface area contributed by atoms with Crippen molar-refractivity contribution in [2.45, 2.75) is 25.5 Å². The minimum absolute atomic E-state index is 0.355. The largest absolute Gasteiger partial charge is 0.493 e. The zero-order chi connectivity index (χ0) is 20.8. The molecule has 2 aromatic carbocycles. The number of nitrogens with zero attached hydrogens (tertiary/aromatic N) is 1. The summed E-state index contributed by atoms with van der Waals surface area (Å²) in [6.07, 6.45) is 0.644. The van der Waals surface area contributed by atoms with E-state index in [0.29, 0.717) is 47.5 Å². The van der Waals surface area contributed by atoms with E-state index in [9.17, 15) is 9.59 Å². The van der Waals surface area contributed by atoms with Crippen LogP contribution in [0.2, 0.25) is 5.02 Å². The Balaban J connectivity index is 1.60. The lowest BCUT2D eigenvalue weighted by atomic mass is 9.95. The summed E-state index contributed by atoms with van der Waals surface area (Å²) in [4.78, 5) is 27.7. The molecule has 2 aliphatic heterocycles. The minimum Gasteiger partial charge on any atom is -0.493 e. The van der Waals surface area contributed by atoms with Crippen LogP contribution in [-0.4, -0.2) is 43.1 Å². The number of halogens is 1. The Bertz CT molecular complexity index is 1010. The third-order valence-corrected chi connectivity index (χ3v) is 5.59. The number of hydrogen-bond donors (Lipinski definition) is 1. The van der Waals surface area contributed by atoms with E-state index < -0.39 is 17.4 Å². The molecular weight excluding hydrogens is 396 g/mol. The van der Waals surface area contributed by atoms with Crippen molar-refractivity contribution in [1.82, 2.24) is 4.90 Å². The van der Waals surface area contributed by atoms with E-state index >= 15 is 0 Å². The highest BCUT2D eigenvalue weighted by atomic mass is 35.5. The molecule has 1 atom stereocenters. The zero-order valence-electron chi connectivity index (χ0n) is 16.4. The molecule has 8 heteroatoms. The number of methoxy groups -OCH3 is 2. The Morgan fingerprint density at radius 3 is 2.55 bits per heavy atom. The Kier molecular flexibility index (Phi) is 4.78. The second kappa shape index (κ2) is 7.15. The maximum absolute atomic E-state index is 13.3. The molecular formula is C21H21ClN2O5. The molecule has 0 saturated carbocycles. The van der Waals surface area contributed by atoms with Gasteiger partial charge in [-0.05, 0) is 54.8 Å². The number of carbonyl (C=O) groups is 2. The summed E-state index contributed by atoms with van der Waals surface area (Å²) in [6, 6.07) is 8.69. The number of ether oxygens (including phenoxy) is 3. The fraction of sp³-hybridized carbons (Fsp3) is 0.333. The van der Waals surface area contributed by atoms with E-state index in [4.69, 9.17) is 25.8 Å². The second-order valence-electron chi connectivity index (χ2n) is 7.18. The fourth-order valence-corrected chi connectivity index (χ4v) is 3.87. The van der Waals surface area contributed by atoms with Gasteiger partial charge < -0.3 is 24.4 Å². The van der Waals surface area contributed by atoms with Crippen LogP contribution in [0, 0.1) is 0 Å². The first kappa shape index (κ1) is 19.4. The summed E-state index contributed by atoms with van der Waals surface area (Å²) < 4.78 is 16.6. The summed E-state index contributed by atoms with van der Waals surface area (Å²) in [7, 11) is 3.16. The number of benzene rings is 2. The standard InChI is InChI=1S/C21H21ClN2O5/c1-21(19(25)23-15-10-14(22)4-5-16(15)29-21)20(26)24-7-6-12-8-17(27-2)18(28-3)9-13(12)11-24/h4-5,8-10H,6-7,11H2,1-3H3,(H,23,25). The molecule has 0 bridgehead atoms. The third-order valence-electron chi connectivity index (χ3n) is 5.35. The number of fused-ring (bicyclic) bond motifs is 2. The van der Waals surface area contributed by atoms with Crippen molar-refractivity contribution < 1.29 is 23.8 Å². The minimum atomic E-state index is -1.66. The van der Waals surface area contributed by atoms with Crippen LogP contribution < -0.4 is 19.5 Å². The van der Waals surface area contributed by atoms with E-state index in [-0.39, 0.29) is 0 Å². The van der Waals surface area contributed by atoms with Crippen LogP contribution in [-0.2, 0) is 22.6 Å². The van der Waals surface area contributed by atoms with Gasteiger partial charge in [-0.3, -0.25) is 9.59 Å². The maximum Gasteiger partial charge on any atom is 0.278 e. The van der Waals surface area contributed by atoms with Gasteiger partial charge in [0.1, 0.15) is 5.75 Å². The van der Waals surface area contributed by atoms with Gasteiger partial charge in [0, 0.05) is 18.1 Å². The van der Waals surface area contributed by atoms with Crippen molar-refractivity contribution in [2.75, 3.05) is 26.1 Å². The summed E-state index contributed by atoms with van der Waals surface area (Å²) >= 11 is 5.97. The number of carbonyl (C=O) groups excluding carboxylic acids is 2. The summed E-state index contributed by atoms with van der Waals surface area (Å²) in [5.74, 6) is 0.757. The normalized spacial score (nSPS) is 20.1. The number of hydrogen-bond acceptors (Lipinski definition) is 5. The SMILES string of the molecule is COc1cc2c(cc1OC)CN(C(=O)C1(C)Oc3ccc(Cl)cc3NC1=O)CC2. The van der Waals surface area contributed by atoms with Gasteiger partial charge in [0.25, 0.3) is 17.4 Å². The van der Waals surface area contributed by atoms with E-state index in [1.54, 1.807) is 37.3 Å². The van der Waals surface area contributed by atoms with Gasteiger partial charge in [0.05, 0.1) is 19.9 Å². The van der Waals surface area contributed by atoms with Crippen LogP contribution in [0.1, 0.15) is 18.1 Å². The summed E-state index contributed by atoms with van der Waals surface area (Å²) in [5, 5.41) is 3.20. The molecule has 0 aromatic heterocycles. The van der Waals surface area contributed by atoms with Crippen molar-refractivity contribution in [3.63, 3.8) is 0 Å². The topological polar surface area (TPSA) is 77.1 Å². The average molecular weight is 417 g/mol. The Morgan fingerprint density at radius 2 is 1.86 bits per heavy atom. The number of amides is 2. The Morgan fingerprint density at radius 1 is 1.17 bits per heavy atom. The quantitative estimate of drug-likeness (QED) is 0.778. The predicted octanol–water partition coefficient (Wildman–Crippen LogP) is 3.03. The molecule has 7 nitrogen and oxygen atoms in total. The van der Waals surface area contributed by atoms with Crippen LogP contribution in [0.3, 0.4) is 0 Å². The van der Waals surface area contributed by atoms with Crippen LogP contribution in [0.4, 0.5) is 5.69 Å². The number of anilines is 1. The van der Waals surface area contributed by atoms with Crippen molar-refractivity contribution in [2.24, 2.45) is 0 Å². The van der Waals surface area contributed by atoms with Gasteiger partial charge in [-0.2, -0.15) is 0 Å². The first-order valence-corrected chi connectivity index (χ1v) is 9.56. The Labute approximate surface area is 173 Å². The average Bonchev–Trinajstić information content (AvgIpc) is 2.72. The molecule has 2 aromatic rings. The molecule has 0 aliphatic carbocycles. The number of nitrogens with one attached hydrogen (secondary N) is 1. The highest BCUT2D eigenvalue weighted by Gasteiger charge is 2.49. The van der Waals surface area contributed by atoms with E-state index in [1.807, 2.05) is 12.1 Å². The highest BCUT2D eigenvalue weighted by Crippen LogP contribution is 2.38. The van der Waals surface area contributed by atoms with E-state index in [0.717, 1.165) is 11.1 Å². The molecule has 0 saturated heterocycles. The van der Waals surface area contributed by atoms with Gasteiger partial charge in [-0.1, -0.05) is 11.6 Å². The summed E-state index contributed by atoms with van der Waals surface area (Å²) in [5.41, 5.74) is 0.836. The molecule has 29 heavy (non-hydrogen) atoms. The summed E-state index contributed by atoms with van der Waals surface area (Å²) in [6.45, 7) is 2.32. The fourth-order valence-electron chi connectivity index (χ4n) is 3.70. The molecule has 0 fully saturated rings. The molecule has 2 aliphatic rings. The predicted molar refractivity (Wildman–Crippen MR) is 108 cm³/mol. The van der Waals surface area contributed by atoms with Gasteiger partial charge in [0.2, 0.25) is 0 Å². The molecule has 1 unspecified atom stereocenters. The first-order valence-electron chi connectivity index (χ1n) is 9.19.